The van der Waals surface area contributed by atoms with Crippen molar-refractivity contribution in [3.05, 3.63) is 29.6 Å². The van der Waals surface area contributed by atoms with Gasteiger partial charge in [0.1, 0.15) is 0 Å². The Morgan fingerprint density at radius 3 is 2.65 bits per heavy atom. The Balaban J connectivity index is 2.15. The molecule has 1 aliphatic carbocycles. The van der Waals surface area contributed by atoms with Crippen LogP contribution in [-0.4, -0.2) is 11.0 Å². The lowest BCUT2D eigenvalue weighted by atomic mass is 9.72. The minimum atomic E-state index is 0.314. The monoisotopic (exact) mass is 232 g/mol. The Labute approximate surface area is 105 Å². The van der Waals surface area contributed by atoms with Gasteiger partial charge in [0.05, 0.1) is 0 Å². The second-order valence-electron chi connectivity index (χ2n) is 5.82. The molecule has 94 valence electrons. The van der Waals surface area contributed by atoms with Crippen LogP contribution in [0.1, 0.15) is 50.3 Å². The summed E-state index contributed by atoms with van der Waals surface area (Å²) in [4.78, 5) is 4.40. The van der Waals surface area contributed by atoms with E-state index in [0.29, 0.717) is 12.0 Å². The SMILES string of the molecule is Cc1ccc(C2CC(C(C)C)CCC2N)cn1. The average molecular weight is 232 g/mol. The van der Waals surface area contributed by atoms with Crippen molar-refractivity contribution in [2.45, 2.75) is 52.0 Å². The summed E-state index contributed by atoms with van der Waals surface area (Å²) >= 11 is 0. The molecule has 0 aromatic carbocycles. The van der Waals surface area contributed by atoms with E-state index in [1.54, 1.807) is 0 Å². The summed E-state index contributed by atoms with van der Waals surface area (Å²) in [5.74, 6) is 2.09. The van der Waals surface area contributed by atoms with Crippen LogP contribution in [0.3, 0.4) is 0 Å². The predicted octanol–water partition coefficient (Wildman–Crippen LogP) is 3.26. The van der Waals surface area contributed by atoms with Crippen molar-refractivity contribution < 1.29 is 0 Å². The Hall–Kier alpha value is -0.890. The molecule has 1 fully saturated rings. The number of nitrogens with two attached hydrogens (primary N) is 1. The highest BCUT2D eigenvalue weighted by Crippen LogP contribution is 2.38. The van der Waals surface area contributed by atoms with Gasteiger partial charge in [-0.3, -0.25) is 4.98 Å². The van der Waals surface area contributed by atoms with Crippen LogP contribution >= 0.6 is 0 Å². The van der Waals surface area contributed by atoms with E-state index >= 15 is 0 Å². The summed E-state index contributed by atoms with van der Waals surface area (Å²) in [5, 5.41) is 0. The van der Waals surface area contributed by atoms with Crippen molar-refractivity contribution in [1.82, 2.24) is 4.98 Å². The number of hydrogen-bond donors (Lipinski definition) is 1. The van der Waals surface area contributed by atoms with Crippen LogP contribution in [0.25, 0.3) is 0 Å². The fourth-order valence-electron chi connectivity index (χ4n) is 2.91. The Morgan fingerprint density at radius 2 is 2.06 bits per heavy atom. The van der Waals surface area contributed by atoms with Gasteiger partial charge in [-0.1, -0.05) is 19.9 Å². The van der Waals surface area contributed by atoms with Crippen molar-refractivity contribution in [2.75, 3.05) is 0 Å². The second-order valence-corrected chi connectivity index (χ2v) is 5.82. The first-order valence-electron chi connectivity index (χ1n) is 6.76. The molecule has 1 aromatic heterocycles. The molecule has 2 heteroatoms. The van der Waals surface area contributed by atoms with Gasteiger partial charge in [0, 0.05) is 23.9 Å². The zero-order valence-corrected chi connectivity index (χ0v) is 11.2. The number of nitrogens with zero attached hydrogens (tertiary/aromatic N) is 1. The van der Waals surface area contributed by atoms with Gasteiger partial charge < -0.3 is 5.73 Å². The molecule has 0 amide bonds. The topological polar surface area (TPSA) is 38.9 Å². The maximum absolute atomic E-state index is 6.28. The third-order valence-electron chi connectivity index (χ3n) is 4.25. The Bertz CT molecular complexity index is 356. The summed E-state index contributed by atoms with van der Waals surface area (Å²) in [6, 6.07) is 4.62. The van der Waals surface area contributed by atoms with Crippen molar-refractivity contribution in [1.29, 1.82) is 0 Å². The van der Waals surface area contributed by atoms with Gasteiger partial charge >= 0.3 is 0 Å². The first-order chi connectivity index (χ1) is 8.08. The van der Waals surface area contributed by atoms with Gasteiger partial charge in [0.2, 0.25) is 0 Å². The van der Waals surface area contributed by atoms with Gasteiger partial charge in [-0.25, -0.2) is 0 Å². The zero-order chi connectivity index (χ0) is 12.4. The van der Waals surface area contributed by atoms with Crippen LogP contribution in [0, 0.1) is 18.8 Å². The van der Waals surface area contributed by atoms with E-state index in [1.807, 2.05) is 13.1 Å². The molecule has 1 heterocycles. The molecule has 3 atom stereocenters. The first kappa shape index (κ1) is 12.6. The lowest BCUT2D eigenvalue weighted by molar-refractivity contribution is 0.232. The Morgan fingerprint density at radius 1 is 1.29 bits per heavy atom. The van der Waals surface area contributed by atoms with Crippen LogP contribution < -0.4 is 5.73 Å². The second kappa shape index (κ2) is 5.18. The van der Waals surface area contributed by atoms with Crippen LogP contribution in [-0.2, 0) is 0 Å². The van der Waals surface area contributed by atoms with E-state index in [2.05, 4.69) is 31.0 Å². The molecule has 2 N–H and O–H groups in total. The number of aryl methyl sites for hydroxylation is 1. The normalized spacial score (nSPS) is 29.6. The van der Waals surface area contributed by atoms with Crippen LogP contribution in [0.5, 0.6) is 0 Å². The third kappa shape index (κ3) is 2.86. The summed E-state index contributed by atoms with van der Waals surface area (Å²) < 4.78 is 0. The molecular formula is C15H24N2. The Kier molecular flexibility index (Phi) is 3.82. The highest BCUT2D eigenvalue weighted by molar-refractivity contribution is 5.20. The molecule has 1 saturated carbocycles. The molecule has 3 unspecified atom stereocenters. The standard InChI is InChI=1S/C15H24N2/c1-10(2)12-6-7-15(16)14(8-12)13-5-4-11(3)17-9-13/h4-5,9-10,12,14-15H,6-8,16H2,1-3H3. The quantitative estimate of drug-likeness (QED) is 0.850. The van der Waals surface area contributed by atoms with E-state index < -0.39 is 0 Å². The third-order valence-corrected chi connectivity index (χ3v) is 4.25. The van der Waals surface area contributed by atoms with Gasteiger partial charge in [-0.15, -0.1) is 0 Å². The average Bonchev–Trinajstić information content (AvgIpc) is 2.31. The van der Waals surface area contributed by atoms with E-state index in [1.165, 1.54) is 18.4 Å². The van der Waals surface area contributed by atoms with E-state index in [0.717, 1.165) is 24.0 Å². The number of aromatic nitrogens is 1. The van der Waals surface area contributed by atoms with Crippen LogP contribution in [0.4, 0.5) is 0 Å². The van der Waals surface area contributed by atoms with Crippen LogP contribution in [0.15, 0.2) is 18.3 Å². The fraction of sp³-hybridized carbons (Fsp3) is 0.667. The van der Waals surface area contributed by atoms with Crippen molar-refractivity contribution >= 4 is 0 Å². The summed E-state index contributed by atoms with van der Waals surface area (Å²) in [5.41, 5.74) is 8.69. The molecule has 0 bridgehead atoms. The fourth-order valence-corrected chi connectivity index (χ4v) is 2.91. The molecule has 17 heavy (non-hydrogen) atoms. The van der Waals surface area contributed by atoms with Gasteiger partial charge in [0.15, 0.2) is 0 Å². The summed E-state index contributed by atoms with van der Waals surface area (Å²) in [6.07, 6.45) is 5.68. The highest BCUT2D eigenvalue weighted by Gasteiger charge is 2.30. The molecule has 0 saturated heterocycles. The lowest BCUT2D eigenvalue weighted by Crippen LogP contribution is -2.35. The van der Waals surface area contributed by atoms with Gasteiger partial charge in [0.25, 0.3) is 0 Å². The predicted molar refractivity (Wildman–Crippen MR) is 71.9 cm³/mol. The first-order valence-corrected chi connectivity index (χ1v) is 6.76. The van der Waals surface area contributed by atoms with Gasteiger partial charge in [-0.2, -0.15) is 0 Å². The van der Waals surface area contributed by atoms with Crippen molar-refractivity contribution in [3.8, 4) is 0 Å². The lowest BCUT2D eigenvalue weighted by Gasteiger charge is -2.36. The van der Waals surface area contributed by atoms with E-state index in [-0.39, 0.29) is 0 Å². The van der Waals surface area contributed by atoms with Crippen LogP contribution in [0.2, 0.25) is 0 Å². The molecule has 1 aliphatic rings. The van der Waals surface area contributed by atoms with Crippen molar-refractivity contribution in [3.63, 3.8) is 0 Å². The maximum atomic E-state index is 6.28. The zero-order valence-electron chi connectivity index (χ0n) is 11.2. The minimum absolute atomic E-state index is 0.314. The largest absolute Gasteiger partial charge is 0.327 e. The van der Waals surface area contributed by atoms with Gasteiger partial charge in [-0.05, 0) is 49.7 Å². The number of rotatable bonds is 2. The molecule has 2 rings (SSSR count). The molecule has 2 nitrogen and oxygen atoms in total. The molecule has 0 radical (unpaired) electrons. The maximum Gasteiger partial charge on any atom is 0.0372 e. The minimum Gasteiger partial charge on any atom is -0.327 e. The number of pyridine rings is 1. The molecular weight excluding hydrogens is 208 g/mol. The molecule has 1 aromatic rings. The summed E-state index contributed by atoms with van der Waals surface area (Å²) in [6.45, 7) is 6.68. The highest BCUT2D eigenvalue weighted by atomic mass is 14.7. The van der Waals surface area contributed by atoms with E-state index in [4.69, 9.17) is 5.73 Å². The summed E-state index contributed by atoms with van der Waals surface area (Å²) in [7, 11) is 0. The molecule has 0 spiro atoms. The molecule has 0 aliphatic heterocycles. The number of hydrogen-bond acceptors (Lipinski definition) is 2. The van der Waals surface area contributed by atoms with E-state index in [9.17, 15) is 0 Å². The smallest absolute Gasteiger partial charge is 0.0372 e. The van der Waals surface area contributed by atoms with Crippen molar-refractivity contribution in [2.24, 2.45) is 17.6 Å².